The number of anilines is 2. The summed E-state index contributed by atoms with van der Waals surface area (Å²) in [5.41, 5.74) is 6.27. The Morgan fingerprint density at radius 3 is 2.65 bits per heavy atom. The van der Waals surface area contributed by atoms with Crippen LogP contribution in [0.4, 0.5) is 11.5 Å². The molecule has 0 spiro atoms. The number of nitrogens with one attached hydrogen (secondary N) is 1. The van der Waals surface area contributed by atoms with Crippen LogP contribution in [-0.4, -0.2) is 66.8 Å². The van der Waals surface area contributed by atoms with Gasteiger partial charge in [0.05, 0.1) is 25.0 Å². The first-order chi connectivity index (χ1) is 9.72. The topological polar surface area (TPSA) is 94.7 Å². The Bertz CT molecular complexity index is 429. The number of aliphatic hydroxyl groups excluding tert-OH is 1. The lowest BCUT2D eigenvalue weighted by molar-refractivity contribution is -0.114. The SMILES string of the molecule is NCC(=O)Nc1ccc(N2CCN(CCO)CC2)cn1. The summed E-state index contributed by atoms with van der Waals surface area (Å²) in [6, 6.07) is 3.73. The van der Waals surface area contributed by atoms with E-state index in [9.17, 15) is 4.79 Å². The van der Waals surface area contributed by atoms with Gasteiger partial charge in [0.2, 0.25) is 5.91 Å². The molecule has 4 N–H and O–H groups in total. The van der Waals surface area contributed by atoms with Crippen molar-refractivity contribution in [1.29, 1.82) is 0 Å². The lowest BCUT2D eigenvalue weighted by Gasteiger charge is -2.35. The number of amides is 1. The smallest absolute Gasteiger partial charge is 0.239 e. The van der Waals surface area contributed by atoms with Crippen LogP contribution in [0, 0.1) is 0 Å². The Morgan fingerprint density at radius 2 is 2.10 bits per heavy atom. The van der Waals surface area contributed by atoms with Crippen molar-refractivity contribution in [2.24, 2.45) is 5.73 Å². The van der Waals surface area contributed by atoms with E-state index in [1.165, 1.54) is 0 Å². The third-order valence-corrected chi connectivity index (χ3v) is 3.35. The summed E-state index contributed by atoms with van der Waals surface area (Å²) < 4.78 is 0. The number of pyridine rings is 1. The molecule has 7 heteroatoms. The van der Waals surface area contributed by atoms with Gasteiger partial charge in [0, 0.05) is 32.7 Å². The number of carbonyl (C=O) groups is 1. The highest BCUT2D eigenvalue weighted by atomic mass is 16.3. The fourth-order valence-corrected chi connectivity index (χ4v) is 2.21. The molecule has 1 saturated heterocycles. The third-order valence-electron chi connectivity index (χ3n) is 3.35. The second kappa shape index (κ2) is 7.18. The molecule has 1 aromatic heterocycles. The van der Waals surface area contributed by atoms with E-state index in [1.54, 1.807) is 12.3 Å². The highest BCUT2D eigenvalue weighted by Crippen LogP contribution is 2.17. The van der Waals surface area contributed by atoms with E-state index in [-0.39, 0.29) is 19.1 Å². The number of aromatic nitrogens is 1. The summed E-state index contributed by atoms with van der Waals surface area (Å²) in [5, 5.41) is 11.5. The molecule has 110 valence electrons. The fraction of sp³-hybridized carbons (Fsp3) is 0.538. The van der Waals surface area contributed by atoms with E-state index in [0.717, 1.165) is 38.4 Å². The van der Waals surface area contributed by atoms with Gasteiger partial charge in [0.15, 0.2) is 0 Å². The van der Waals surface area contributed by atoms with E-state index >= 15 is 0 Å². The molecule has 1 amide bonds. The van der Waals surface area contributed by atoms with Gasteiger partial charge in [-0.25, -0.2) is 4.98 Å². The van der Waals surface area contributed by atoms with Gasteiger partial charge in [-0.05, 0) is 12.1 Å². The molecule has 0 radical (unpaired) electrons. The van der Waals surface area contributed by atoms with Crippen LogP contribution in [0.5, 0.6) is 0 Å². The zero-order chi connectivity index (χ0) is 14.4. The molecule has 1 aliphatic heterocycles. The van der Waals surface area contributed by atoms with Gasteiger partial charge in [-0.1, -0.05) is 0 Å². The van der Waals surface area contributed by atoms with E-state index in [4.69, 9.17) is 10.8 Å². The number of rotatable bonds is 5. The molecule has 0 aromatic carbocycles. The van der Waals surface area contributed by atoms with Crippen molar-refractivity contribution in [2.45, 2.75) is 0 Å². The molecule has 1 aromatic rings. The Balaban J connectivity index is 1.89. The number of nitrogens with zero attached hydrogens (tertiary/aromatic N) is 3. The van der Waals surface area contributed by atoms with Gasteiger partial charge in [0.1, 0.15) is 5.82 Å². The Morgan fingerprint density at radius 1 is 1.35 bits per heavy atom. The van der Waals surface area contributed by atoms with Gasteiger partial charge in [-0.15, -0.1) is 0 Å². The molecule has 0 saturated carbocycles. The molecular formula is C13H21N5O2. The molecule has 0 aliphatic carbocycles. The van der Waals surface area contributed by atoms with Crippen LogP contribution in [0.25, 0.3) is 0 Å². The summed E-state index contributed by atoms with van der Waals surface area (Å²) >= 11 is 0. The standard InChI is InChI=1S/C13H21N5O2/c14-9-13(20)16-12-2-1-11(10-15-12)18-5-3-17(4-6-18)7-8-19/h1-2,10,19H,3-9,14H2,(H,15,16,20). The largest absolute Gasteiger partial charge is 0.395 e. The lowest BCUT2D eigenvalue weighted by Crippen LogP contribution is -2.47. The first-order valence-corrected chi connectivity index (χ1v) is 6.77. The van der Waals surface area contributed by atoms with E-state index in [2.05, 4.69) is 20.1 Å². The number of nitrogens with two attached hydrogens (primary N) is 1. The molecular weight excluding hydrogens is 258 g/mol. The lowest BCUT2D eigenvalue weighted by atomic mass is 10.2. The molecule has 0 atom stereocenters. The van der Waals surface area contributed by atoms with Crippen LogP contribution < -0.4 is 16.0 Å². The van der Waals surface area contributed by atoms with Crippen LogP contribution in [0.1, 0.15) is 0 Å². The number of carbonyl (C=O) groups excluding carboxylic acids is 1. The van der Waals surface area contributed by atoms with Gasteiger partial charge >= 0.3 is 0 Å². The molecule has 2 heterocycles. The van der Waals surface area contributed by atoms with Crippen molar-refractivity contribution in [2.75, 3.05) is 56.1 Å². The minimum atomic E-state index is -0.247. The van der Waals surface area contributed by atoms with Gasteiger partial charge in [0.25, 0.3) is 0 Å². The number of β-amino-alcohol motifs (C(OH)–C–C–N with tert-alkyl or cyclic N) is 1. The second-order valence-electron chi connectivity index (χ2n) is 4.71. The Hall–Kier alpha value is -1.70. The van der Waals surface area contributed by atoms with Crippen molar-refractivity contribution in [3.63, 3.8) is 0 Å². The molecule has 1 fully saturated rings. The summed E-state index contributed by atoms with van der Waals surface area (Å²) in [6.45, 7) is 4.59. The van der Waals surface area contributed by atoms with Crippen molar-refractivity contribution >= 4 is 17.4 Å². The summed E-state index contributed by atoms with van der Waals surface area (Å²) in [7, 11) is 0. The zero-order valence-electron chi connectivity index (χ0n) is 11.5. The molecule has 20 heavy (non-hydrogen) atoms. The monoisotopic (exact) mass is 279 g/mol. The zero-order valence-corrected chi connectivity index (χ0v) is 11.5. The maximum atomic E-state index is 11.2. The number of aliphatic hydroxyl groups is 1. The highest BCUT2D eigenvalue weighted by molar-refractivity contribution is 5.91. The summed E-state index contributed by atoms with van der Waals surface area (Å²) in [5.74, 6) is 0.269. The van der Waals surface area contributed by atoms with Crippen molar-refractivity contribution < 1.29 is 9.90 Å². The van der Waals surface area contributed by atoms with Crippen LogP contribution in [-0.2, 0) is 4.79 Å². The summed E-state index contributed by atoms with van der Waals surface area (Å²) in [6.07, 6.45) is 1.76. The van der Waals surface area contributed by atoms with Crippen molar-refractivity contribution in [1.82, 2.24) is 9.88 Å². The van der Waals surface area contributed by atoms with Gasteiger partial charge in [-0.3, -0.25) is 9.69 Å². The van der Waals surface area contributed by atoms with E-state index < -0.39 is 0 Å². The van der Waals surface area contributed by atoms with Crippen LogP contribution in [0.15, 0.2) is 18.3 Å². The van der Waals surface area contributed by atoms with Crippen LogP contribution in [0.2, 0.25) is 0 Å². The predicted molar refractivity (Wildman–Crippen MR) is 77.7 cm³/mol. The fourth-order valence-electron chi connectivity index (χ4n) is 2.21. The predicted octanol–water partition coefficient (Wildman–Crippen LogP) is -0.907. The van der Waals surface area contributed by atoms with Crippen LogP contribution in [0.3, 0.4) is 0 Å². The maximum Gasteiger partial charge on any atom is 0.239 e. The average molecular weight is 279 g/mol. The normalized spacial score (nSPS) is 16.2. The number of piperazine rings is 1. The molecule has 2 rings (SSSR count). The Labute approximate surface area is 118 Å². The molecule has 1 aliphatic rings. The van der Waals surface area contributed by atoms with Crippen molar-refractivity contribution in [3.05, 3.63) is 18.3 Å². The number of hydrogen-bond donors (Lipinski definition) is 3. The quantitative estimate of drug-likeness (QED) is 0.646. The maximum absolute atomic E-state index is 11.2. The molecule has 0 unspecified atom stereocenters. The van der Waals surface area contributed by atoms with Crippen molar-refractivity contribution in [3.8, 4) is 0 Å². The second-order valence-corrected chi connectivity index (χ2v) is 4.71. The minimum absolute atomic E-state index is 0.0454. The van der Waals surface area contributed by atoms with Gasteiger partial charge in [-0.2, -0.15) is 0 Å². The first kappa shape index (κ1) is 14.7. The minimum Gasteiger partial charge on any atom is -0.395 e. The Kier molecular flexibility index (Phi) is 5.28. The number of hydrogen-bond acceptors (Lipinski definition) is 6. The highest BCUT2D eigenvalue weighted by Gasteiger charge is 2.16. The molecule has 0 bridgehead atoms. The summed E-state index contributed by atoms with van der Waals surface area (Å²) in [4.78, 5) is 19.8. The third kappa shape index (κ3) is 3.89. The first-order valence-electron chi connectivity index (χ1n) is 6.77. The van der Waals surface area contributed by atoms with E-state index in [1.807, 2.05) is 6.07 Å². The van der Waals surface area contributed by atoms with Crippen LogP contribution >= 0.6 is 0 Å². The van der Waals surface area contributed by atoms with E-state index in [0.29, 0.717) is 5.82 Å². The molecule has 7 nitrogen and oxygen atoms in total. The van der Waals surface area contributed by atoms with Gasteiger partial charge < -0.3 is 21.1 Å². The average Bonchev–Trinajstić information content (AvgIpc) is 2.49.